The van der Waals surface area contributed by atoms with Gasteiger partial charge in [-0.25, -0.2) is 9.97 Å². The quantitative estimate of drug-likeness (QED) is 0.655. The van der Waals surface area contributed by atoms with Gasteiger partial charge in [0.05, 0.1) is 31.0 Å². The summed E-state index contributed by atoms with van der Waals surface area (Å²) < 4.78 is 11.5. The number of aryl methyl sites for hydroxylation is 1. The molecule has 6 nitrogen and oxygen atoms in total. The zero-order chi connectivity index (χ0) is 16.2. The van der Waals surface area contributed by atoms with Gasteiger partial charge in [-0.2, -0.15) is 5.11 Å². The van der Waals surface area contributed by atoms with Crippen molar-refractivity contribution in [3.05, 3.63) is 41.0 Å². The average molecular weight is 328 g/mol. The van der Waals surface area contributed by atoms with E-state index in [1.54, 1.807) is 25.6 Å². The van der Waals surface area contributed by atoms with Gasteiger partial charge < -0.3 is 9.47 Å². The largest absolute Gasteiger partial charge is 0.497 e. The Kier molecular flexibility index (Phi) is 4.47. The van der Waals surface area contributed by atoms with E-state index in [1.807, 2.05) is 30.5 Å². The minimum absolute atomic E-state index is 0.420. The molecule has 0 saturated heterocycles. The third-order valence-corrected chi connectivity index (χ3v) is 4.43. The molecule has 0 bridgehead atoms. The van der Waals surface area contributed by atoms with Crippen LogP contribution in [-0.4, -0.2) is 24.2 Å². The van der Waals surface area contributed by atoms with E-state index < -0.39 is 0 Å². The van der Waals surface area contributed by atoms with Crippen LogP contribution in [0.2, 0.25) is 0 Å². The fourth-order valence-corrected chi connectivity index (χ4v) is 3.10. The van der Waals surface area contributed by atoms with Crippen molar-refractivity contribution in [1.29, 1.82) is 0 Å². The van der Waals surface area contributed by atoms with Crippen LogP contribution in [-0.2, 0) is 6.54 Å². The molecule has 0 spiro atoms. The van der Waals surface area contributed by atoms with Crippen molar-refractivity contribution in [2.45, 2.75) is 13.5 Å². The molecule has 1 aromatic carbocycles. The maximum absolute atomic E-state index is 5.25. The second-order valence-corrected chi connectivity index (χ2v) is 5.79. The van der Waals surface area contributed by atoms with Gasteiger partial charge in [-0.1, -0.05) is 0 Å². The molecule has 0 fully saturated rings. The van der Waals surface area contributed by atoms with Crippen molar-refractivity contribution >= 4 is 27.4 Å². The maximum atomic E-state index is 5.25. The number of aromatic nitrogens is 2. The molecule has 2 aromatic heterocycles. The number of azo groups is 1. The summed E-state index contributed by atoms with van der Waals surface area (Å²) in [4.78, 5) is 8.49. The van der Waals surface area contributed by atoms with Gasteiger partial charge >= 0.3 is 0 Å². The lowest BCUT2D eigenvalue weighted by atomic mass is 10.2. The fourth-order valence-electron chi connectivity index (χ4n) is 2.17. The third kappa shape index (κ3) is 3.29. The molecule has 3 aromatic rings. The Labute approximate surface area is 137 Å². The van der Waals surface area contributed by atoms with E-state index in [1.165, 1.54) is 6.33 Å². The summed E-state index contributed by atoms with van der Waals surface area (Å²) in [5, 5.41) is 10.6. The Morgan fingerprint density at radius 3 is 2.52 bits per heavy atom. The van der Waals surface area contributed by atoms with Crippen LogP contribution in [0.15, 0.2) is 40.1 Å². The van der Waals surface area contributed by atoms with Gasteiger partial charge in [0, 0.05) is 6.07 Å². The number of rotatable bonds is 5. The minimum atomic E-state index is 0.420. The number of hydrogen-bond acceptors (Lipinski definition) is 7. The molecule has 0 unspecified atom stereocenters. The molecule has 3 rings (SSSR count). The number of fused-ring (bicyclic) bond motifs is 1. The third-order valence-electron chi connectivity index (χ3n) is 3.34. The number of hydrogen-bond donors (Lipinski definition) is 0. The Hall–Kier alpha value is -2.54. The zero-order valence-electron chi connectivity index (χ0n) is 13.1. The van der Waals surface area contributed by atoms with Gasteiger partial charge in [0.1, 0.15) is 17.8 Å². The Morgan fingerprint density at radius 1 is 1.09 bits per heavy atom. The molecule has 0 aliphatic carbocycles. The van der Waals surface area contributed by atoms with E-state index >= 15 is 0 Å². The van der Waals surface area contributed by atoms with Crippen molar-refractivity contribution in [2.24, 2.45) is 10.2 Å². The van der Waals surface area contributed by atoms with Crippen LogP contribution in [0.25, 0.3) is 10.2 Å². The molecule has 0 atom stereocenters. The molecular weight excluding hydrogens is 312 g/mol. The van der Waals surface area contributed by atoms with Gasteiger partial charge in [0.2, 0.25) is 0 Å². The van der Waals surface area contributed by atoms with Gasteiger partial charge in [-0.3, -0.25) is 0 Å². The van der Waals surface area contributed by atoms with Crippen molar-refractivity contribution < 1.29 is 9.47 Å². The molecule has 0 aliphatic rings. The first-order valence-corrected chi connectivity index (χ1v) is 7.87. The van der Waals surface area contributed by atoms with Gasteiger partial charge in [-0.15, -0.1) is 16.5 Å². The number of thiophene rings is 1. The van der Waals surface area contributed by atoms with Crippen LogP contribution in [0.3, 0.4) is 0 Å². The molecule has 2 heterocycles. The number of ether oxygens (including phenoxy) is 2. The summed E-state index contributed by atoms with van der Waals surface area (Å²) >= 11 is 1.58. The van der Waals surface area contributed by atoms with E-state index in [0.29, 0.717) is 12.4 Å². The van der Waals surface area contributed by atoms with E-state index in [4.69, 9.17) is 9.47 Å². The zero-order valence-corrected chi connectivity index (χ0v) is 13.9. The van der Waals surface area contributed by atoms with Crippen molar-refractivity contribution in [3.63, 3.8) is 0 Å². The molecule has 0 N–H and O–H groups in total. The van der Waals surface area contributed by atoms with Gasteiger partial charge in [0.25, 0.3) is 0 Å². The SMILES string of the molecule is COc1cc(CN=Nc2ncnc3c(C)csc23)cc(OC)c1. The van der Waals surface area contributed by atoms with E-state index in [-0.39, 0.29) is 0 Å². The van der Waals surface area contributed by atoms with E-state index in [9.17, 15) is 0 Å². The van der Waals surface area contributed by atoms with E-state index in [0.717, 1.165) is 32.8 Å². The highest BCUT2D eigenvalue weighted by Crippen LogP contribution is 2.30. The predicted octanol–water partition coefficient (Wildman–Crippen LogP) is 4.30. The monoisotopic (exact) mass is 328 g/mol. The van der Waals surface area contributed by atoms with Crippen LogP contribution in [0.4, 0.5) is 5.82 Å². The Morgan fingerprint density at radius 2 is 1.83 bits per heavy atom. The van der Waals surface area contributed by atoms with Gasteiger partial charge in [-0.05, 0) is 35.6 Å². The summed E-state index contributed by atoms with van der Waals surface area (Å²) in [6, 6.07) is 5.64. The molecule has 7 heteroatoms. The van der Waals surface area contributed by atoms with E-state index in [2.05, 4.69) is 20.2 Å². The number of nitrogens with zero attached hydrogens (tertiary/aromatic N) is 4. The Balaban J connectivity index is 1.83. The highest BCUT2D eigenvalue weighted by Gasteiger charge is 2.07. The summed E-state index contributed by atoms with van der Waals surface area (Å²) in [7, 11) is 3.24. The summed E-state index contributed by atoms with van der Waals surface area (Å²) in [5.74, 6) is 2.06. The highest BCUT2D eigenvalue weighted by atomic mass is 32.1. The molecular formula is C16H16N4O2S. The summed E-state index contributed by atoms with van der Waals surface area (Å²) in [5.41, 5.74) is 3.01. The van der Waals surface area contributed by atoms with Gasteiger partial charge in [0.15, 0.2) is 5.82 Å². The lowest BCUT2D eigenvalue weighted by Gasteiger charge is -2.06. The first kappa shape index (κ1) is 15.4. The highest BCUT2D eigenvalue weighted by molar-refractivity contribution is 7.17. The molecule has 0 radical (unpaired) electrons. The minimum Gasteiger partial charge on any atom is -0.497 e. The second-order valence-electron chi connectivity index (χ2n) is 4.91. The van der Waals surface area contributed by atoms with Crippen LogP contribution < -0.4 is 9.47 Å². The first-order valence-electron chi connectivity index (χ1n) is 6.99. The average Bonchev–Trinajstić information content (AvgIpc) is 2.97. The molecule has 23 heavy (non-hydrogen) atoms. The standard InChI is InChI=1S/C16H16N4O2S/c1-10-8-23-15-14(10)17-9-18-16(15)20-19-7-11-4-12(21-2)6-13(5-11)22-3/h4-6,8-9H,7H2,1-3H3. The topological polar surface area (TPSA) is 69.0 Å². The first-order chi connectivity index (χ1) is 11.2. The van der Waals surface area contributed by atoms with Crippen LogP contribution in [0.5, 0.6) is 11.5 Å². The number of benzene rings is 1. The lowest BCUT2D eigenvalue weighted by Crippen LogP contribution is -1.90. The van der Waals surface area contributed by atoms with Crippen molar-refractivity contribution in [3.8, 4) is 11.5 Å². The smallest absolute Gasteiger partial charge is 0.195 e. The molecule has 0 amide bonds. The molecule has 0 saturated carbocycles. The summed E-state index contributed by atoms with van der Waals surface area (Å²) in [6.07, 6.45) is 1.52. The maximum Gasteiger partial charge on any atom is 0.195 e. The van der Waals surface area contributed by atoms with Crippen molar-refractivity contribution in [2.75, 3.05) is 14.2 Å². The van der Waals surface area contributed by atoms with Crippen LogP contribution in [0, 0.1) is 6.92 Å². The summed E-state index contributed by atoms with van der Waals surface area (Å²) in [6.45, 7) is 2.44. The van der Waals surface area contributed by atoms with Crippen molar-refractivity contribution in [1.82, 2.24) is 9.97 Å². The fraction of sp³-hybridized carbons (Fsp3) is 0.250. The Bertz CT molecular complexity index is 838. The normalized spacial score (nSPS) is 11.3. The number of methoxy groups -OCH3 is 2. The van der Waals surface area contributed by atoms with Crippen LogP contribution in [0.1, 0.15) is 11.1 Å². The van der Waals surface area contributed by atoms with Crippen LogP contribution >= 0.6 is 11.3 Å². The lowest BCUT2D eigenvalue weighted by molar-refractivity contribution is 0.393. The predicted molar refractivity (Wildman–Crippen MR) is 89.9 cm³/mol. The molecule has 118 valence electrons. The second kappa shape index (κ2) is 6.70. The molecule has 0 aliphatic heterocycles.